The zero-order valence-electron chi connectivity index (χ0n) is 15.1. The molecule has 4 N–H and O–H groups in total. The molecule has 23 heavy (non-hydrogen) atoms. The van der Waals surface area contributed by atoms with E-state index in [9.17, 15) is 9.59 Å². The Kier molecular flexibility index (Phi) is 9.76. The van der Waals surface area contributed by atoms with E-state index in [4.69, 9.17) is 4.74 Å². The van der Waals surface area contributed by atoms with Gasteiger partial charge in [-0.2, -0.15) is 0 Å². The van der Waals surface area contributed by atoms with Crippen molar-refractivity contribution in [2.45, 2.75) is 40.2 Å². The predicted octanol–water partition coefficient (Wildman–Crippen LogP) is 0.448. The second-order valence-electron chi connectivity index (χ2n) is 6.30. The topological polar surface area (TPSA) is 104 Å². The van der Waals surface area contributed by atoms with Gasteiger partial charge in [-0.25, -0.2) is 4.79 Å². The number of nitrogens with one attached hydrogen (secondary N) is 4. The number of carbonyl (C=O) groups is 2. The van der Waals surface area contributed by atoms with E-state index < -0.39 is 11.7 Å². The summed E-state index contributed by atoms with van der Waals surface area (Å²) in [6, 6.07) is 0. The molecule has 0 radical (unpaired) electrons. The predicted molar refractivity (Wildman–Crippen MR) is 91.4 cm³/mol. The minimum atomic E-state index is -0.504. The SMILES string of the molecule is CN=C(NCCNC(=O)OC(C)(C)C)NCCNC(=O)C(C)C. The highest BCUT2D eigenvalue weighted by molar-refractivity contribution is 5.80. The minimum absolute atomic E-state index is 0.0219. The van der Waals surface area contributed by atoms with Crippen molar-refractivity contribution >= 4 is 18.0 Å². The van der Waals surface area contributed by atoms with Crippen LogP contribution >= 0.6 is 0 Å². The molecule has 0 aliphatic carbocycles. The van der Waals surface area contributed by atoms with Gasteiger partial charge in [0.1, 0.15) is 5.60 Å². The maximum atomic E-state index is 11.5. The van der Waals surface area contributed by atoms with Crippen LogP contribution in [0.3, 0.4) is 0 Å². The van der Waals surface area contributed by atoms with Crippen LogP contribution in [0.2, 0.25) is 0 Å². The Labute approximate surface area is 138 Å². The first-order valence-electron chi connectivity index (χ1n) is 7.84. The van der Waals surface area contributed by atoms with E-state index in [2.05, 4.69) is 26.3 Å². The van der Waals surface area contributed by atoms with Crippen molar-refractivity contribution in [1.82, 2.24) is 21.3 Å². The molecule has 0 unspecified atom stereocenters. The van der Waals surface area contributed by atoms with E-state index in [1.165, 1.54) is 0 Å². The quantitative estimate of drug-likeness (QED) is 0.308. The van der Waals surface area contributed by atoms with Gasteiger partial charge in [0, 0.05) is 39.1 Å². The molecule has 0 aliphatic heterocycles. The standard InChI is InChI=1S/C15H31N5O3/c1-11(2)12(21)17-7-8-18-13(16-6)19-9-10-20-14(22)23-15(3,4)5/h11H,7-10H2,1-6H3,(H,17,21)(H,20,22)(H2,16,18,19). The van der Waals surface area contributed by atoms with Crippen molar-refractivity contribution < 1.29 is 14.3 Å². The van der Waals surface area contributed by atoms with Gasteiger partial charge in [0.05, 0.1) is 0 Å². The molecule has 0 saturated heterocycles. The number of guanidine groups is 1. The van der Waals surface area contributed by atoms with Gasteiger partial charge in [0.2, 0.25) is 5.91 Å². The molecule has 8 nitrogen and oxygen atoms in total. The minimum Gasteiger partial charge on any atom is -0.444 e. The summed E-state index contributed by atoms with van der Waals surface area (Å²) in [7, 11) is 1.66. The van der Waals surface area contributed by atoms with E-state index in [0.717, 1.165) is 0 Å². The number of aliphatic imine (C=N–C) groups is 1. The molecule has 0 aromatic heterocycles. The Hall–Kier alpha value is -1.99. The Morgan fingerprint density at radius 1 is 0.957 bits per heavy atom. The summed E-state index contributed by atoms with van der Waals surface area (Å²) in [5.74, 6) is 0.609. The molecule has 0 aromatic rings. The number of rotatable bonds is 7. The van der Waals surface area contributed by atoms with Gasteiger partial charge in [-0.1, -0.05) is 13.8 Å². The van der Waals surface area contributed by atoms with E-state index in [1.807, 2.05) is 34.6 Å². The molecule has 0 spiro atoms. The largest absolute Gasteiger partial charge is 0.444 e. The van der Waals surface area contributed by atoms with Crippen LogP contribution in [0, 0.1) is 5.92 Å². The summed E-state index contributed by atoms with van der Waals surface area (Å²) in [6.07, 6.45) is -0.446. The first-order chi connectivity index (χ1) is 10.7. The maximum Gasteiger partial charge on any atom is 0.407 e. The third-order valence-corrected chi connectivity index (χ3v) is 2.55. The third kappa shape index (κ3) is 12.3. The molecule has 2 amide bonds. The van der Waals surface area contributed by atoms with Crippen LogP contribution in [0.4, 0.5) is 4.79 Å². The average Bonchev–Trinajstić information content (AvgIpc) is 2.43. The number of hydrogen-bond donors (Lipinski definition) is 4. The second-order valence-corrected chi connectivity index (χ2v) is 6.30. The number of alkyl carbamates (subject to hydrolysis) is 1. The number of nitrogens with zero attached hydrogens (tertiary/aromatic N) is 1. The molecule has 8 heteroatoms. The lowest BCUT2D eigenvalue weighted by Crippen LogP contribution is -2.44. The van der Waals surface area contributed by atoms with Crippen LogP contribution in [0.1, 0.15) is 34.6 Å². The van der Waals surface area contributed by atoms with Crippen molar-refractivity contribution in [3.8, 4) is 0 Å². The number of hydrogen-bond acceptors (Lipinski definition) is 4. The summed E-state index contributed by atoms with van der Waals surface area (Å²) in [5, 5.41) is 11.6. The molecule has 0 bridgehead atoms. The molecule has 134 valence electrons. The number of amides is 2. The van der Waals surface area contributed by atoms with E-state index >= 15 is 0 Å². The lowest BCUT2D eigenvalue weighted by atomic mass is 10.2. The summed E-state index contributed by atoms with van der Waals surface area (Å²) in [6.45, 7) is 11.2. The smallest absolute Gasteiger partial charge is 0.407 e. The van der Waals surface area contributed by atoms with Crippen molar-refractivity contribution in [3.05, 3.63) is 0 Å². The summed E-state index contributed by atoms with van der Waals surface area (Å²) >= 11 is 0. The molecule has 0 aliphatic rings. The second kappa shape index (κ2) is 10.7. The van der Waals surface area contributed by atoms with Crippen LogP contribution in [-0.4, -0.2) is 56.8 Å². The van der Waals surface area contributed by atoms with Crippen molar-refractivity contribution in [1.29, 1.82) is 0 Å². The summed E-state index contributed by atoms with van der Waals surface area (Å²) in [4.78, 5) is 26.9. The Balaban J connectivity index is 3.79. The Morgan fingerprint density at radius 2 is 1.43 bits per heavy atom. The molecule has 0 aromatic carbocycles. The monoisotopic (exact) mass is 329 g/mol. The van der Waals surface area contributed by atoms with Gasteiger partial charge < -0.3 is 26.0 Å². The molecule has 0 fully saturated rings. The van der Waals surface area contributed by atoms with Gasteiger partial charge >= 0.3 is 6.09 Å². The molecule has 0 rings (SSSR count). The lowest BCUT2D eigenvalue weighted by molar-refractivity contribution is -0.123. The van der Waals surface area contributed by atoms with Crippen molar-refractivity contribution in [2.24, 2.45) is 10.9 Å². The highest BCUT2D eigenvalue weighted by Gasteiger charge is 2.15. The zero-order valence-corrected chi connectivity index (χ0v) is 15.1. The zero-order chi connectivity index (χ0) is 17.9. The fourth-order valence-electron chi connectivity index (χ4n) is 1.45. The lowest BCUT2D eigenvalue weighted by Gasteiger charge is -2.20. The van der Waals surface area contributed by atoms with Gasteiger partial charge in [-0.15, -0.1) is 0 Å². The van der Waals surface area contributed by atoms with Crippen molar-refractivity contribution in [3.63, 3.8) is 0 Å². The Morgan fingerprint density at radius 3 is 1.87 bits per heavy atom. The molecule has 0 heterocycles. The van der Waals surface area contributed by atoms with Gasteiger partial charge in [-0.3, -0.25) is 9.79 Å². The van der Waals surface area contributed by atoms with Crippen LogP contribution in [0.5, 0.6) is 0 Å². The average molecular weight is 329 g/mol. The fraction of sp³-hybridized carbons (Fsp3) is 0.800. The van der Waals surface area contributed by atoms with Crippen LogP contribution in [0.15, 0.2) is 4.99 Å². The van der Waals surface area contributed by atoms with Crippen molar-refractivity contribution in [2.75, 3.05) is 33.2 Å². The van der Waals surface area contributed by atoms with Gasteiger partial charge in [0.15, 0.2) is 5.96 Å². The first kappa shape index (κ1) is 21.0. The third-order valence-electron chi connectivity index (χ3n) is 2.55. The number of ether oxygens (including phenoxy) is 1. The normalized spacial score (nSPS) is 11.9. The van der Waals surface area contributed by atoms with E-state index in [0.29, 0.717) is 32.1 Å². The summed E-state index contributed by atoms with van der Waals surface area (Å²) in [5.41, 5.74) is -0.504. The molecular formula is C15H31N5O3. The maximum absolute atomic E-state index is 11.5. The fourth-order valence-corrected chi connectivity index (χ4v) is 1.45. The highest BCUT2D eigenvalue weighted by atomic mass is 16.6. The van der Waals surface area contributed by atoms with Gasteiger partial charge in [-0.05, 0) is 20.8 Å². The van der Waals surface area contributed by atoms with Gasteiger partial charge in [0.25, 0.3) is 0 Å². The van der Waals surface area contributed by atoms with Crippen LogP contribution in [0.25, 0.3) is 0 Å². The van der Waals surface area contributed by atoms with E-state index in [1.54, 1.807) is 7.05 Å². The Bertz CT molecular complexity index is 402. The first-order valence-corrected chi connectivity index (χ1v) is 7.84. The van der Waals surface area contributed by atoms with Crippen LogP contribution in [-0.2, 0) is 9.53 Å². The molecular weight excluding hydrogens is 298 g/mol. The van der Waals surface area contributed by atoms with Crippen LogP contribution < -0.4 is 21.3 Å². The summed E-state index contributed by atoms with van der Waals surface area (Å²) < 4.78 is 5.13. The molecule has 0 saturated carbocycles. The molecule has 0 atom stereocenters. The highest BCUT2D eigenvalue weighted by Crippen LogP contribution is 2.05. The van der Waals surface area contributed by atoms with E-state index in [-0.39, 0.29) is 11.8 Å². The number of carbonyl (C=O) groups excluding carboxylic acids is 2.